The standard InChI is InChI=1S/C20H18ClN7O2/c1-10-2-3-13(21)8-15(10)24-19-26-17-12(6-11-7-16(29)25-18(11)30)9-22-28(17)20(27-19)23-14-4-5-14/h2-3,6-9,14,25,29-30H,4-5H2,1H3,(H,23,24,27). The molecule has 1 aliphatic carbocycles. The van der Waals surface area contributed by atoms with Crippen molar-refractivity contribution >= 4 is 35.0 Å². The van der Waals surface area contributed by atoms with Crippen LogP contribution in [0, 0.1) is 6.92 Å². The van der Waals surface area contributed by atoms with Gasteiger partial charge in [0.2, 0.25) is 5.95 Å². The second-order valence-electron chi connectivity index (χ2n) is 7.23. The monoisotopic (exact) mass is 423 g/mol. The average Bonchev–Trinajstić information content (AvgIpc) is 3.34. The summed E-state index contributed by atoms with van der Waals surface area (Å²) >= 11 is 6.14. The van der Waals surface area contributed by atoms with E-state index in [1.807, 2.05) is 25.1 Å². The Morgan fingerprint density at radius 1 is 1.27 bits per heavy atom. The zero-order valence-electron chi connectivity index (χ0n) is 16.0. The molecule has 30 heavy (non-hydrogen) atoms. The zero-order valence-corrected chi connectivity index (χ0v) is 16.7. The fraction of sp³-hybridized carbons (Fsp3) is 0.200. The van der Waals surface area contributed by atoms with Gasteiger partial charge in [-0.3, -0.25) is 4.98 Å². The number of benzene rings is 1. The van der Waals surface area contributed by atoms with E-state index in [2.05, 4.69) is 30.4 Å². The molecule has 0 unspecified atom stereocenters. The number of hydrogen-bond acceptors (Lipinski definition) is 7. The van der Waals surface area contributed by atoms with Crippen molar-refractivity contribution in [2.45, 2.75) is 25.8 Å². The van der Waals surface area contributed by atoms with Gasteiger partial charge in [-0.25, -0.2) is 4.99 Å². The van der Waals surface area contributed by atoms with Crippen LogP contribution in [0.1, 0.15) is 24.0 Å². The normalized spacial score (nSPS) is 15.3. The molecule has 0 saturated heterocycles. The van der Waals surface area contributed by atoms with Gasteiger partial charge in [-0.1, -0.05) is 17.7 Å². The first-order valence-corrected chi connectivity index (χ1v) is 9.79. The van der Waals surface area contributed by atoms with E-state index in [1.54, 1.807) is 16.8 Å². The number of halogens is 1. The smallest absolute Gasteiger partial charge is 0.251 e. The fourth-order valence-electron chi connectivity index (χ4n) is 3.06. The average molecular weight is 424 g/mol. The molecule has 1 fully saturated rings. The SMILES string of the molecule is Cc1ccc(Cl)cc1Nc1nc(=NC2CC2)n2ncc(=Cc3cc(O)[nH]c3O)c2n1. The molecule has 10 heteroatoms. The number of aromatic hydroxyl groups is 2. The number of anilines is 2. The Bertz CT molecular complexity index is 1390. The molecule has 0 radical (unpaired) electrons. The van der Waals surface area contributed by atoms with Gasteiger partial charge in [0, 0.05) is 27.6 Å². The molecule has 0 aliphatic heterocycles. The number of rotatable bonds is 4. The second-order valence-corrected chi connectivity index (χ2v) is 7.67. The van der Waals surface area contributed by atoms with Crippen molar-refractivity contribution in [1.82, 2.24) is 24.6 Å². The number of nitrogens with zero attached hydrogens (tertiary/aromatic N) is 5. The van der Waals surface area contributed by atoms with Crippen LogP contribution in [-0.4, -0.2) is 40.8 Å². The quantitative estimate of drug-likeness (QED) is 0.399. The number of aromatic amines is 1. The van der Waals surface area contributed by atoms with E-state index < -0.39 is 0 Å². The Hall–Kier alpha value is -3.59. The van der Waals surface area contributed by atoms with Crippen LogP contribution in [0.2, 0.25) is 5.02 Å². The van der Waals surface area contributed by atoms with Gasteiger partial charge in [0.05, 0.1) is 12.2 Å². The van der Waals surface area contributed by atoms with Crippen LogP contribution in [0.4, 0.5) is 11.6 Å². The molecule has 0 spiro atoms. The molecule has 4 N–H and O–H groups in total. The highest BCUT2D eigenvalue weighted by Gasteiger charge is 2.21. The number of hydrogen-bond donors (Lipinski definition) is 4. The van der Waals surface area contributed by atoms with Crippen molar-refractivity contribution in [3.63, 3.8) is 0 Å². The maximum absolute atomic E-state index is 9.94. The van der Waals surface area contributed by atoms with Crippen LogP contribution in [0.5, 0.6) is 11.8 Å². The number of aryl methyl sites for hydroxylation is 1. The first-order chi connectivity index (χ1) is 14.5. The summed E-state index contributed by atoms with van der Waals surface area (Å²) in [7, 11) is 0. The molecule has 4 aromatic rings. The lowest BCUT2D eigenvalue weighted by Gasteiger charge is -2.08. The van der Waals surface area contributed by atoms with E-state index in [9.17, 15) is 10.2 Å². The molecule has 1 aromatic carbocycles. The minimum absolute atomic E-state index is 0.131. The lowest BCUT2D eigenvalue weighted by atomic mass is 10.2. The van der Waals surface area contributed by atoms with Crippen LogP contribution in [0.3, 0.4) is 0 Å². The van der Waals surface area contributed by atoms with E-state index >= 15 is 0 Å². The van der Waals surface area contributed by atoms with Gasteiger partial charge >= 0.3 is 0 Å². The number of fused-ring (bicyclic) bond motifs is 1. The van der Waals surface area contributed by atoms with Crippen molar-refractivity contribution in [3.8, 4) is 11.8 Å². The molecule has 3 heterocycles. The van der Waals surface area contributed by atoms with E-state index in [1.165, 1.54) is 6.07 Å². The van der Waals surface area contributed by atoms with Crippen LogP contribution in [-0.2, 0) is 0 Å². The van der Waals surface area contributed by atoms with Crippen LogP contribution >= 0.6 is 11.6 Å². The maximum Gasteiger partial charge on any atom is 0.251 e. The fourth-order valence-corrected chi connectivity index (χ4v) is 3.23. The topological polar surface area (TPSA) is 124 Å². The zero-order chi connectivity index (χ0) is 20.8. The summed E-state index contributed by atoms with van der Waals surface area (Å²) in [6.07, 6.45) is 5.35. The molecular weight excluding hydrogens is 406 g/mol. The van der Waals surface area contributed by atoms with Crippen molar-refractivity contribution < 1.29 is 10.2 Å². The summed E-state index contributed by atoms with van der Waals surface area (Å²) in [4.78, 5) is 16.3. The third-order valence-corrected chi connectivity index (χ3v) is 5.03. The van der Waals surface area contributed by atoms with Crippen LogP contribution < -0.4 is 16.2 Å². The largest absolute Gasteiger partial charge is 0.494 e. The Morgan fingerprint density at radius 3 is 2.83 bits per heavy atom. The summed E-state index contributed by atoms with van der Waals surface area (Å²) in [5, 5.41) is 28.3. The number of nitrogens with one attached hydrogen (secondary N) is 2. The highest BCUT2D eigenvalue weighted by Crippen LogP contribution is 2.24. The molecular formula is C20H18ClN7O2. The predicted molar refractivity (Wildman–Crippen MR) is 112 cm³/mol. The summed E-state index contributed by atoms with van der Waals surface area (Å²) in [5.74, 6) is 0.0910. The van der Waals surface area contributed by atoms with Gasteiger partial charge in [-0.15, -0.1) is 0 Å². The molecule has 1 saturated carbocycles. The Morgan fingerprint density at radius 2 is 2.10 bits per heavy atom. The van der Waals surface area contributed by atoms with Gasteiger partial charge in [0.25, 0.3) is 5.62 Å². The number of H-pyrrole nitrogens is 1. The Balaban J connectivity index is 1.68. The van der Waals surface area contributed by atoms with E-state index in [-0.39, 0.29) is 17.8 Å². The van der Waals surface area contributed by atoms with Gasteiger partial charge < -0.3 is 15.5 Å². The predicted octanol–water partition coefficient (Wildman–Crippen LogP) is 2.18. The summed E-state index contributed by atoms with van der Waals surface area (Å²) in [6.45, 7) is 1.96. The summed E-state index contributed by atoms with van der Waals surface area (Å²) in [6, 6.07) is 7.21. The first-order valence-electron chi connectivity index (χ1n) is 9.42. The molecule has 3 aromatic heterocycles. The minimum Gasteiger partial charge on any atom is -0.494 e. The lowest BCUT2D eigenvalue weighted by molar-refractivity contribution is 0.425. The van der Waals surface area contributed by atoms with Gasteiger partial charge in [0.1, 0.15) is 0 Å². The van der Waals surface area contributed by atoms with Crippen molar-refractivity contribution in [3.05, 3.63) is 57.4 Å². The Kier molecular flexibility index (Phi) is 4.32. The molecule has 5 rings (SSSR count). The van der Waals surface area contributed by atoms with Crippen molar-refractivity contribution in [1.29, 1.82) is 0 Å². The highest BCUT2D eigenvalue weighted by molar-refractivity contribution is 6.30. The van der Waals surface area contributed by atoms with Gasteiger partial charge in [-0.05, 0) is 43.5 Å². The van der Waals surface area contributed by atoms with E-state index in [4.69, 9.17) is 11.6 Å². The van der Waals surface area contributed by atoms with Gasteiger partial charge in [0.15, 0.2) is 17.4 Å². The molecule has 1 aliphatic rings. The summed E-state index contributed by atoms with van der Waals surface area (Å²) < 4.78 is 1.57. The Labute approximate surface area is 175 Å². The lowest BCUT2D eigenvalue weighted by Crippen LogP contribution is -2.24. The van der Waals surface area contributed by atoms with Gasteiger partial charge in [-0.2, -0.15) is 19.6 Å². The second kappa shape index (κ2) is 7.03. The van der Waals surface area contributed by atoms with Crippen molar-refractivity contribution in [2.24, 2.45) is 4.99 Å². The summed E-state index contributed by atoms with van der Waals surface area (Å²) in [5.41, 5.74) is 3.18. The third kappa shape index (κ3) is 3.55. The van der Waals surface area contributed by atoms with Crippen LogP contribution in [0.15, 0.2) is 35.5 Å². The molecule has 0 amide bonds. The van der Waals surface area contributed by atoms with Crippen LogP contribution in [0.25, 0.3) is 11.7 Å². The number of aromatic nitrogens is 5. The highest BCUT2D eigenvalue weighted by atomic mass is 35.5. The maximum atomic E-state index is 9.94. The van der Waals surface area contributed by atoms with Crippen molar-refractivity contribution in [2.75, 3.05) is 5.32 Å². The van der Waals surface area contributed by atoms with E-state index in [0.717, 1.165) is 24.1 Å². The molecule has 152 valence electrons. The molecule has 0 atom stereocenters. The molecule has 9 nitrogen and oxygen atoms in total. The third-order valence-electron chi connectivity index (χ3n) is 4.79. The first kappa shape index (κ1) is 18.4. The molecule has 0 bridgehead atoms. The minimum atomic E-state index is -0.142. The van der Waals surface area contributed by atoms with E-state index in [0.29, 0.717) is 33.0 Å².